The highest BCUT2D eigenvalue weighted by atomic mass is 35.5. The number of carbonyl (C=O) groups excluding carboxylic acids is 1. The van der Waals surface area contributed by atoms with E-state index in [1.165, 1.54) is 6.21 Å². The third-order valence-corrected chi connectivity index (χ3v) is 4.52. The Morgan fingerprint density at radius 2 is 1.97 bits per heavy atom. The fourth-order valence-electron chi connectivity index (χ4n) is 2.46. The second-order valence-electron chi connectivity index (χ2n) is 6.04. The van der Waals surface area contributed by atoms with Gasteiger partial charge in [0.1, 0.15) is 12.4 Å². The molecule has 1 N–H and O–H groups in total. The first-order valence-corrected chi connectivity index (χ1v) is 9.36. The molecule has 0 spiro atoms. The molecule has 0 aliphatic carbocycles. The maximum atomic E-state index is 11.9. The van der Waals surface area contributed by atoms with Crippen LogP contribution in [0.3, 0.4) is 0 Å². The molecular weight excluding hydrogens is 415 g/mol. The van der Waals surface area contributed by atoms with Crippen LogP contribution in [0.5, 0.6) is 11.5 Å². The van der Waals surface area contributed by atoms with E-state index in [9.17, 15) is 4.79 Å². The van der Waals surface area contributed by atoms with Crippen molar-refractivity contribution >= 4 is 35.3 Å². The summed E-state index contributed by atoms with van der Waals surface area (Å²) in [6, 6.07) is 13.8. The SMILES string of the molecule is COc1cc(/C=N\NC(=O)c2ccc(C)o2)ccc1OCc1ccc(Cl)cc1Cl. The minimum absolute atomic E-state index is 0.196. The molecule has 0 saturated heterocycles. The van der Waals surface area contributed by atoms with Gasteiger partial charge in [0, 0.05) is 15.6 Å². The third-order valence-electron chi connectivity index (χ3n) is 3.93. The Morgan fingerprint density at radius 3 is 2.66 bits per heavy atom. The number of nitrogens with one attached hydrogen (secondary N) is 1. The van der Waals surface area contributed by atoms with Crippen molar-refractivity contribution in [2.45, 2.75) is 13.5 Å². The Kier molecular flexibility index (Phi) is 6.80. The predicted molar refractivity (Wildman–Crippen MR) is 112 cm³/mol. The van der Waals surface area contributed by atoms with Gasteiger partial charge in [-0.25, -0.2) is 5.43 Å². The molecule has 3 aromatic rings. The molecule has 3 rings (SSSR count). The van der Waals surface area contributed by atoms with Crippen LogP contribution in [0.4, 0.5) is 0 Å². The van der Waals surface area contributed by atoms with Crippen LogP contribution in [0.25, 0.3) is 0 Å². The molecular formula is C21H18Cl2N2O4. The number of halogens is 2. The quantitative estimate of drug-likeness (QED) is 0.408. The summed E-state index contributed by atoms with van der Waals surface area (Å²) < 4.78 is 16.4. The van der Waals surface area contributed by atoms with Crippen LogP contribution >= 0.6 is 23.2 Å². The summed E-state index contributed by atoms with van der Waals surface area (Å²) in [4.78, 5) is 11.9. The molecule has 1 aromatic heterocycles. The van der Waals surface area contributed by atoms with E-state index in [0.717, 1.165) is 11.1 Å². The number of hydrazone groups is 1. The van der Waals surface area contributed by atoms with Gasteiger partial charge in [0.15, 0.2) is 17.3 Å². The number of rotatable bonds is 7. The molecule has 0 aliphatic heterocycles. The minimum Gasteiger partial charge on any atom is -0.493 e. The van der Waals surface area contributed by atoms with Gasteiger partial charge in [0.2, 0.25) is 0 Å². The number of carbonyl (C=O) groups is 1. The molecule has 0 unspecified atom stereocenters. The van der Waals surface area contributed by atoms with E-state index in [2.05, 4.69) is 10.5 Å². The number of hydrogen-bond acceptors (Lipinski definition) is 5. The molecule has 0 fully saturated rings. The van der Waals surface area contributed by atoms with Gasteiger partial charge in [-0.15, -0.1) is 0 Å². The molecule has 0 aliphatic rings. The largest absolute Gasteiger partial charge is 0.493 e. The number of benzene rings is 2. The van der Waals surface area contributed by atoms with Crippen molar-refractivity contribution in [1.82, 2.24) is 5.43 Å². The lowest BCUT2D eigenvalue weighted by molar-refractivity contribution is 0.0926. The molecule has 29 heavy (non-hydrogen) atoms. The smallest absolute Gasteiger partial charge is 0.307 e. The number of furan rings is 1. The Labute approximate surface area is 178 Å². The van der Waals surface area contributed by atoms with E-state index >= 15 is 0 Å². The van der Waals surface area contributed by atoms with Gasteiger partial charge in [0.25, 0.3) is 0 Å². The Balaban J connectivity index is 1.64. The second-order valence-corrected chi connectivity index (χ2v) is 6.89. The molecule has 150 valence electrons. The molecule has 0 atom stereocenters. The predicted octanol–water partition coefficient (Wildman–Crippen LogP) is 5.25. The lowest BCUT2D eigenvalue weighted by atomic mass is 10.2. The highest BCUT2D eigenvalue weighted by molar-refractivity contribution is 6.35. The van der Waals surface area contributed by atoms with Crippen molar-refractivity contribution in [3.8, 4) is 11.5 Å². The Bertz CT molecular complexity index is 1050. The van der Waals surface area contributed by atoms with Gasteiger partial charge in [0.05, 0.1) is 13.3 Å². The van der Waals surface area contributed by atoms with Gasteiger partial charge < -0.3 is 13.9 Å². The van der Waals surface area contributed by atoms with Crippen LogP contribution in [-0.2, 0) is 6.61 Å². The summed E-state index contributed by atoms with van der Waals surface area (Å²) in [7, 11) is 1.54. The van der Waals surface area contributed by atoms with Crippen molar-refractivity contribution < 1.29 is 18.7 Å². The number of amides is 1. The number of methoxy groups -OCH3 is 1. The molecule has 8 heteroatoms. The molecule has 1 heterocycles. The van der Waals surface area contributed by atoms with E-state index in [4.69, 9.17) is 37.1 Å². The number of ether oxygens (including phenoxy) is 2. The Hall–Kier alpha value is -2.96. The summed E-state index contributed by atoms with van der Waals surface area (Å²) in [5, 5.41) is 5.03. The lowest BCUT2D eigenvalue weighted by Crippen LogP contribution is -2.16. The first kappa shape index (κ1) is 20.8. The molecule has 1 amide bonds. The van der Waals surface area contributed by atoms with Crippen LogP contribution in [0, 0.1) is 6.92 Å². The first-order chi connectivity index (χ1) is 14.0. The van der Waals surface area contributed by atoms with E-state index in [1.807, 2.05) is 0 Å². The molecule has 0 saturated carbocycles. The van der Waals surface area contributed by atoms with Crippen molar-refractivity contribution in [2.75, 3.05) is 7.11 Å². The van der Waals surface area contributed by atoms with Crippen molar-refractivity contribution in [1.29, 1.82) is 0 Å². The first-order valence-electron chi connectivity index (χ1n) is 8.61. The third kappa shape index (κ3) is 5.53. The van der Waals surface area contributed by atoms with E-state index < -0.39 is 5.91 Å². The van der Waals surface area contributed by atoms with Crippen LogP contribution < -0.4 is 14.9 Å². The number of hydrogen-bond donors (Lipinski definition) is 1. The Morgan fingerprint density at radius 1 is 1.14 bits per heavy atom. The minimum atomic E-state index is -0.430. The normalized spacial score (nSPS) is 10.9. The van der Waals surface area contributed by atoms with E-state index in [0.29, 0.717) is 27.3 Å². The molecule has 0 bridgehead atoms. The van der Waals surface area contributed by atoms with Gasteiger partial charge in [-0.05, 0) is 55.0 Å². The van der Waals surface area contributed by atoms with E-state index in [1.54, 1.807) is 62.6 Å². The van der Waals surface area contributed by atoms with Crippen LogP contribution in [-0.4, -0.2) is 19.2 Å². The fraction of sp³-hybridized carbons (Fsp3) is 0.143. The highest BCUT2D eigenvalue weighted by Crippen LogP contribution is 2.29. The van der Waals surface area contributed by atoms with Crippen LogP contribution in [0.15, 0.2) is 58.0 Å². The standard InChI is InChI=1S/C21H18Cl2N2O4/c1-13-3-7-19(29-13)21(26)25-24-11-14-4-8-18(20(9-14)27-2)28-12-15-5-6-16(22)10-17(15)23/h3-11H,12H2,1-2H3,(H,25,26)/b24-11-. The van der Waals surface area contributed by atoms with Crippen molar-refractivity contribution in [3.05, 3.63) is 81.2 Å². The topological polar surface area (TPSA) is 73.1 Å². The molecule has 0 radical (unpaired) electrons. The lowest BCUT2D eigenvalue weighted by Gasteiger charge is -2.12. The second kappa shape index (κ2) is 9.49. The zero-order chi connectivity index (χ0) is 20.8. The average molecular weight is 433 g/mol. The summed E-state index contributed by atoms with van der Waals surface area (Å²) in [6.07, 6.45) is 1.50. The number of aryl methyl sites for hydroxylation is 1. The molecule has 2 aromatic carbocycles. The highest BCUT2D eigenvalue weighted by Gasteiger charge is 2.09. The summed E-state index contributed by atoms with van der Waals surface area (Å²) in [5.74, 6) is 1.49. The molecule has 6 nitrogen and oxygen atoms in total. The summed E-state index contributed by atoms with van der Waals surface area (Å²) in [5.41, 5.74) is 3.93. The van der Waals surface area contributed by atoms with Gasteiger partial charge >= 0.3 is 5.91 Å². The average Bonchev–Trinajstić information content (AvgIpc) is 3.14. The van der Waals surface area contributed by atoms with Crippen LogP contribution in [0.2, 0.25) is 10.0 Å². The van der Waals surface area contributed by atoms with E-state index in [-0.39, 0.29) is 12.4 Å². The summed E-state index contributed by atoms with van der Waals surface area (Å²) in [6.45, 7) is 2.02. The maximum Gasteiger partial charge on any atom is 0.307 e. The monoisotopic (exact) mass is 432 g/mol. The van der Waals surface area contributed by atoms with Gasteiger partial charge in [-0.3, -0.25) is 4.79 Å². The summed E-state index contributed by atoms with van der Waals surface area (Å²) >= 11 is 12.1. The van der Waals surface area contributed by atoms with Gasteiger partial charge in [-0.2, -0.15) is 5.10 Å². The fourth-order valence-corrected chi connectivity index (χ4v) is 2.92. The van der Waals surface area contributed by atoms with Crippen LogP contribution in [0.1, 0.15) is 27.4 Å². The van der Waals surface area contributed by atoms with Crippen molar-refractivity contribution in [2.24, 2.45) is 5.10 Å². The van der Waals surface area contributed by atoms with Gasteiger partial charge in [-0.1, -0.05) is 29.3 Å². The zero-order valence-electron chi connectivity index (χ0n) is 15.7. The van der Waals surface area contributed by atoms with Crippen molar-refractivity contribution in [3.63, 3.8) is 0 Å². The zero-order valence-corrected chi connectivity index (χ0v) is 17.3. The number of nitrogens with zero attached hydrogens (tertiary/aromatic N) is 1. The maximum absolute atomic E-state index is 11.9.